The molecule has 3 nitrogen and oxygen atoms in total. The Hall–Kier alpha value is -3.66. The number of ether oxygens (including phenoxy) is 1. The molecule has 0 aliphatic heterocycles. The van der Waals surface area contributed by atoms with Crippen molar-refractivity contribution >= 4 is 40.9 Å². The molecule has 4 aromatic carbocycles. The Morgan fingerprint density at radius 3 is 2.00 bits per heavy atom. The van der Waals surface area contributed by atoms with Crippen LogP contribution in [0.1, 0.15) is 10.4 Å². The number of fused-ring (bicyclic) bond motifs is 1. The van der Waals surface area contributed by atoms with Crippen LogP contribution in [0, 0.1) is 0 Å². The Balaban J connectivity index is 0.00000259. The quantitative estimate of drug-likeness (QED) is 0.250. The lowest BCUT2D eigenvalue weighted by Gasteiger charge is -2.17. The third-order valence-electron chi connectivity index (χ3n) is 5.23. The smallest absolute Gasteiger partial charge is 0.343 e. The summed E-state index contributed by atoms with van der Waals surface area (Å²) in [6.07, 6.45) is 0. The minimum atomic E-state index is -0.435. The number of benzene rings is 4. The second-order valence-electron chi connectivity index (χ2n) is 7.31. The predicted molar refractivity (Wildman–Crippen MR) is 136 cm³/mol. The lowest BCUT2D eigenvalue weighted by atomic mass is 9.96. The van der Waals surface area contributed by atoms with Crippen LogP contribution in [0.5, 0.6) is 5.75 Å². The highest BCUT2D eigenvalue weighted by Gasteiger charge is 2.22. The van der Waals surface area contributed by atoms with Gasteiger partial charge in [-0.15, -0.1) is 12.4 Å². The van der Waals surface area contributed by atoms with Crippen LogP contribution in [0.3, 0.4) is 0 Å². The highest BCUT2D eigenvalue weighted by Crippen LogP contribution is 2.43. The van der Waals surface area contributed by atoms with E-state index in [1.807, 2.05) is 84.9 Å². The standard InChI is InChI=1S/C28H18ClNO2.ClH/c29-22-17-15-20(16-18-22)26-27(32-28(31)21-11-5-2-6-12-21)25(19-9-3-1-4-10-19)23-13-7-8-14-24(23)30-26;/h1-18H;1H. The maximum Gasteiger partial charge on any atom is 0.343 e. The number of nitrogens with zero attached hydrogens (tertiary/aromatic N) is 1. The topological polar surface area (TPSA) is 39.2 Å². The second-order valence-corrected chi connectivity index (χ2v) is 7.75. The van der Waals surface area contributed by atoms with E-state index >= 15 is 0 Å². The van der Waals surface area contributed by atoms with E-state index in [4.69, 9.17) is 21.3 Å². The van der Waals surface area contributed by atoms with Gasteiger partial charge in [-0.1, -0.05) is 90.5 Å². The van der Waals surface area contributed by atoms with Gasteiger partial charge in [0, 0.05) is 21.5 Å². The molecule has 0 amide bonds. The summed E-state index contributed by atoms with van der Waals surface area (Å²) < 4.78 is 6.08. The van der Waals surface area contributed by atoms with Crippen LogP contribution < -0.4 is 4.74 Å². The van der Waals surface area contributed by atoms with Crippen LogP contribution >= 0.6 is 24.0 Å². The molecule has 0 bridgehead atoms. The van der Waals surface area contributed by atoms with Crippen molar-refractivity contribution in [1.82, 2.24) is 4.98 Å². The monoisotopic (exact) mass is 471 g/mol. The lowest BCUT2D eigenvalue weighted by molar-refractivity contribution is 0.0736. The molecular weight excluding hydrogens is 453 g/mol. The highest BCUT2D eigenvalue weighted by molar-refractivity contribution is 6.30. The minimum Gasteiger partial charge on any atom is -0.420 e. The van der Waals surface area contributed by atoms with Crippen molar-refractivity contribution in [1.29, 1.82) is 0 Å². The summed E-state index contributed by atoms with van der Waals surface area (Å²) in [6.45, 7) is 0. The van der Waals surface area contributed by atoms with E-state index in [0.29, 0.717) is 22.0 Å². The van der Waals surface area contributed by atoms with Crippen LogP contribution in [-0.4, -0.2) is 11.0 Å². The van der Waals surface area contributed by atoms with Crippen molar-refractivity contribution in [3.05, 3.63) is 120 Å². The number of rotatable bonds is 4. The van der Waals surface area contributed by atoms with Gasteiger partial charge in [-0.2, -0.15) is 0 Å². The van der Waals surface area contributed by atoms with Gasteiger partial charge in [0.05, 0.1) is 11.1 Å². The van der Waals surface area contributed by atoms with E-state index < -0.39 is 5.97 Å². The molecule has 5 rings (SSSR count). The average Bonchev–Trinajstić information content (AvgIpc) is 2.85. The zero-order chi connectivity index (χ0) is 21.9. The molecule has 0 fully saturated rings. The van der Waals surface area contributed by atoms with Gasteiger partial charge in [0.1, 0.15) is 5.69 Å². The Morgan fingerprint density at radius 2 is 1.30 bits per heavy atom. The number of carbonyl (C=O) groups is 1. The first-order valence-electron chi connectivity index (χ1n) is 10.2. The first kappa shape index (κ1) is 22.5. The summed E-state index contributed by atoms with van der Waals surface area (Å²) in [6, 6.07) is 34.1. The molecule has 0 saturated carbocycles. The summed E-state index contributed by atoms with van der Waals surface area (Å²) >= 11 is 6.12. The maximum atomic E-state index is 13.1. The van der Waals surface area contributed by atoms with Crippen LogP contribution in [0.15, 0.2) is 109 Å². The molecule has 1 heterocycles. The second kappa shape index (κ2) is 9.86. The maximum absolute atomic E-state index is 13.1. The van der Waals surface area contributed by atoms with Crippen LogP contribution in [0.2, 0.25) is 5.02 Å². The van der Waals surface area contributed by atoms with Gasteiger partial charge < -0.3 is 4.74 Å². The fourth-order valence-electron chi connectivity index (χ4n) is 3.71. The normalized spacial score (nSPS) is 10.5. The van der Waals surface area contributed by atoms with Crippen molar-refractivity contribution < 1.29 is 9.53 Å². The minimum absolute atomic E-state index is 0. The molecule has 0 spiro atoms. The molecule has 1 aromatic heterocycles. The van der Waals surface area contributed by atoms with Crippen molar-refractivity contribution in [2.24, 2.45) is 0 Å². The third-order valence-corrected chi connectivity index (χ3v) is 5.48. The molecule has 5 heteroatoms. The number of pyridine rings is 1. The predicted octanol–water partition coefficient (Wildman–Crippen LogP) is 7.86. The molecule has 0 unspecified atom stereocenters. The number of carbonyl (C=O) groups excluding carboxylic acids is 1. The third kappa shape index (κ3) is 4.61. The highest BCUT2D eigenvalue weighted by atomic mass is 35.5. The van der Waals surface area contributed by atoms with Gasteiger partial charge in [-0.3, -0.25) is 0 Å². The number of hydrogen-bond acceptors (Lipinski definition) is 3. The average molecular weight is 472 g/mol. The van der Waals surface area contributed by atoms with Gasteiger partial charge in [0.2, 0.25) is 0 Å². The number of aromatic nitrogens is 1. The summed E-state index contributed by atoms with van der Waals surface area (Å²) in [5.74, 6) is -0.0128. The lowest BCUT2D eigenvalue weighted by Crippen LogP contribution is -2.11. The summed E-state index contributed by atoms with van der Waals surface area (Å²) in [7, 11) is 0. The van der Waals surface area contributed by atoms with E-state index in [9.17, 15) is 4.79 Å². The molecule has 162 valence electrons. The molecule has 0 saturated heterocycles. The van der Waals surface area contributed by atoms with E-state index in [1.54, 1.807) is 24.3 Å². The van der Waals surface area contributed by atoms with E-state index in [-0.39, 0.29) is 12.4 Å². The van der Waals surface area contributed by atoms with Gasteiger partial charge in [0.15, 0.2) is 5.75 Å². The van der Waals surface area contributed by atoms with E-state index in [2.05, 4.69) is 0 Å². The molecular formula is C28H19Cl2NO2. The van der Waals surface area contributed by atoms with Crippen molar-refractivity contribution in [2.75, 3.05) is 0 Å². The first-order chi connectivity index (χ1) is 15.7. The number of halogens is 2. The molecule has 0 radical (unpaired) electrons. The zero-order valence-corrected chi connectivity index (χ0v) is 19.0. The van der Waals surface area contributed by atoms with E-state index in [0.717, 1.165) is 27.6 Å². The molecule has 0 atom stereocenters. The number of hydrogen-bond donors (Lipinski definition) is 0. The summed E-state index contributed by atoms with van der Waals surface area (Å²) in [4.78, 5) is 18.0. The number of para-hydroxylation sites is 1. The van der Waals surface area contributed by atoms with Crippen LogP contribution in [-0.2, 0) is 0 Å². The SMILES string of the molecule is Cl.O=C(Oc1c(-c2ccc(Cl)cc2)nc2ccccc2c1-c1ccccc1)c1ccccc1. The Morgan fingerprint density at radius 1 is 0.697 bits per heavy atom. The van der Waals surface area contributed by atoms with Gasteiger partial charge in [-0.25, -0.2) is 9.78 Å². The van der Waals surface area contributed by atoms with Gasteiger partial charge in [0.25, 0.3) is 0 Å². The number of esters is 1. The van der Waals surface area contributed by atoms with Crippen LogP contribution in [0.25, 0.3) is 33.3 Å². The fourth-order valence-corrected chi connectivity index (χ4v) is 3.84. The molecule has 0 aliphatic carbocycles. The van der Waals surface area contributed by atoms with Crippen molar-refractivity contribution in [2.45, 2.75) is 0 Å². The van der Waals surface area contributed by atoms with Gasteiger partial charge >= 0.3 is 5.97 Å². The van der Waals surface area contributed by atoms with Crippen molar-refractivity contribution in [3.8, 4) is 28.1 Å². The fraction of sp³-hybridized carbons (Fsp3) is 0. The summed E-state index contributed by atoms with van der Waals surface area (Å²) in [5.41, 5.74) is 4.46. The summed E-state index contributed by atoms with van der Waals surface area (Å²) in [5, 5.41) is 1.54. The Labute approximate surface area is 203 Å². The molecule has 33 heavy (non-hydrogen) atoms. The van der Waals surface area contributed by atoms with E-state index in [1.165, 1.54) is 0 Å². The first-order valence-corrected chi connectivity index (χ1v) is 10.6. The largest absolute Gasteiger partial charge is 0.420 e. The molecule has 5 aromatic rings. The zero-order valence-electron chi connectivity index (χ0n) is 17.4. The van der Waals surface area contributed by atoms with Crippen molar-refractivity contribution in [3.63, 3.8) is 0 Å². The Bertz CT molecular complexity index is 1400. The Kier molecular flexibility index (Phi) is 6.74. The molecule has 0 N–H and O–H groups in total. The molecule has 0 aliphatic rings. The van der Waals surface area contributed by atoms with Gasteiger partial charge in [-0.05, 0) is 35.9 Å². The van der Waals surface area contributed by atoms with Crippen LogP contribution in [0.4, 0.5) is 0 Å².